The normalized spacial score (nSPS) is 12.8. The van der Waals surface area contributed by atoms with Crippen molar-refractivity contribution in [3.05, 3.63) is 23.0 Å². The van der Waals surface area contributed by atoms with Crippen LogP contribution in [0.5, 0.6) is 5.75 Å². The number of aromatic nitrogens is 2. The molecule has 1 atom stereocenters. The van der Waals surface area contributed by atoms with E-state index in [0.29, 0.717) is 5.92 Å². The van der Waals surface area contributed by atoms with E-state index in [0.717, 1.165) is 22.6 Å². The van der Waals surface area contributed by atoms with Crippen molar-refractivity contribution >= 4 is 23.3 Å². The first-order chi connectivity index (χ1) is 9.69. The molecule has 2 aromatic rings. The molecule has 2 rings (SSSR count). The van der Waals surface area contributed by atoms with Gasteiger partial charge >= 0.3 is 0 Å². The van der Waals surface area contributed by atoms with Gasteiger partial charge < -0.3 is 14.3 Å². The molecule has 0 saturated carbocycles. The lowest BCUT2D eigenvalue weighted by atomic mass is 9.99. The van der Waals surface area contributed by atoms with Gasteiger partial charge in [0.15, 0.2) is 4.77 Å². The Morgan fingerprint density at radius 2 is 2.15 bits per heavy atom. The predicted molar refractivity (Wildman–Crippen MR) is 87.0 cm³/mol. The van der Waals surface area contributed by atoms with Crippen molar-refractivity contribution < 1.29 is 4.74 Å². The fourth-order valence-corrected chi connectivity index (χ4v) is 2.91. The molecule has 1 aromatic carbocycles. The molecule has 4 heteroatoms. The molecule has 0 aliphatic carbocycles. The maximum absolute atomic E-state index is 5.48. The topological polar surface area (TPSA) is 29.9 Å². The lowest BCUT2D eigenvalue weighted by Gasteiger charge is -2.15. The average Bonchev–Trinajstić information content (AvgIpc) is 2.78. The van der Waals surface area contributed by atoms with Crippen LogP contribution in [0.4, 0.5) is 0 Å². The van der Waals surface area contributed by atoms with Gasteiger partial charge in [-0.1, -0.05) is 33.1 Å². The van der Waals surface area contributed by atoms with Crippen molar-refractivity contribution in [1.29, 1.82) is 0 Å². The van der Waals surface area contributed by atoms with Crippen LogP contribution in [0.1, 0.15) is 39.5 Å². The Morgan fingerprint density at radius 1 is 1.35 bits per heavy atom. The first kappa shape index (κ1) is 15.1. The molecule has 1 heterocycles. The van der Waals surface area contributed by atoms with Gasteiger partial charge in [-0.2, -0.15) is 0 Å². The number of aromatic amines is 1. The van der Waals surface area contributed by atoms with Crippen LogP contribution in [0.3, 0.4) is 0 Å². The first-order valence-corrected chi connectivity index (χ1v) is 7.87. The maximum atomic E-state index is 5.48. The van der Waals surface area contributed by atoms with E-state index < -0.39 is 0 Å². The van der Waals surface area contributed by atoms with Crippen molar-refractivity contribution in [2.45, 2.75) is 46.1 Å². The molecular weight excluding hydrogens is 268 g/mol. The maximum Gasteiger partial charge on any atom is 0.178 e. The second-order valence-corrected chi connectivity index (χ2v) is 5.73. The highest BCUT2D eigenvalue weighted by atomic mass is 32.1. The van der Waals surface area contributed by atoms with Crippen LogP contribution >= 0.6 is 12.2 Å². The van der Waals surface area contributed by atoms with Gasteiger partial charge in [-0.15, -0.1) is 0 Å². The Labute approximate surface area is 126 Å². The Bertz CT molecular complexity index is 614. The monoisotopic (exact) mass is 292 g/mol. The van der Waals surface area contributed by atoms with Gasteiger partial charge in [0, 0.05) is 12.6 Å². The largest absolute Gasteiger partial charge is 0.497 e. The fourth-order valence-electron chi connectivity index (χ4n) is 2.63. The number of hydrogen-bond donors (Lipinski definition) is 1. The zero-order valence-corrected chi connectivity index (χ0v) is 13.4. The molecule has 1 unspecified atom stereocenters. The molecule has 0 spiro atoms. The van der Waals surface area contributed by atoms with Crippen LogP contribution in [0.2, 0.25) is 0 Å². The number of nitrogens with zero attached hydrogens (tertiary/aromatic N) is 1. The lowest BCUT2D eigenvalue weighted by molar-refractivity contribution is 0.393. The molecule has 0 bridgehead atoms. The summed E-state index contributed by atoms with van der Waals surface area (Å²) in [5.74, 6) is 1.56. The summed E-state index contributed by atoms with van der Waals surface area (Å²) in [5.41, 5.74) is 2.23. The number of benzene rings is 1. The highest BCUT2D eigenvalue weighted by Gasteiger charge is 2.11. The first-order valence-electron chi connectivity index (χ1n) is 7.46. The van der Waals surface area contributed by atoms with Gasteiger partial charge in [0.25, 0.3) is 0 Å². The summed E-state index contributed by atoms with van der Waals surface area (Å²) in [6, 6.07) is 6.09. The molecule has 0 amide bonds. The lowest BCUT2D eigenvalue weighted by Crippen LogP contribution is -2.10. The average molecular weight is 292 g/mol. The van der Waals surface area contributed by atoms with Crippen molar-refractivity contribution in [3.8, 4) is 5.75 Å². The summed E-state index contributed by atoms with van der Waals surface area (Å²) in [6.45, 7) is 5.51. The molecule has 0 aliphatic rings. The number of ether oxygens (including phenoxy) is 1. The minimum Gasteiger partial charge on any atom is -0.497 e. The van der Waals surface area contributed by atoms with Crippen LogP contribution < -0.4 is 4.74 Å². The fraction of sp³-hybridized carbons (Fsp3) is 0.562. The van der Waals surface area contributed by atoms with Crippen molar-refractivity contribution in [1.82, 2.24) is 9.55 Å². The standard InChI is InChI=1S/C16H24N2OS/c1-4-6-7-12(5-2)11-18-15-9-8-13(19-3)10-14(15)17-16(18)20/h8-10,12H,4-7,11H2,1-3H3,(H,17,20). The summed E-state index contributed by atoms with van der Waals surface area (Å²) >= 11 is 5.48. The van der Waals surface area contributed by atoms with E-state index in [4.69, 9.17) is 17.0 Å². The third-order valence-corrected chi connectivity index (χ3v) is 4.29. The minimum atomic E-state index is 0.697. The summed E-state index contributed by atoms with van der Waals surface area (Å²) in [6.07, 6.45) is 5.02. The summed E-state index contributed by atoms with van der Waals surface area (Å²) in [5, 5.41) is 0. The minimum absolute atomic E-state index is 0.697. The second kappa shape index (κ2) is 6.93. The van der Waals surface area contributed by atoms with E-state index in [1.807, 2.05) is 12.1 Å². The van der Waals surface area contributed by atoms with E-state index in [2.05, 4.69) is 29.5 Å². The Hall–Kier alpha value is -1.29. The highest BCUT2D eigenvalue weighted by Crippen LogP contribution is 2.23. The quantitative estimate of drug-likeness (QED) is 0.734. The molecule has 0 saturated heterocycles. The summed E-state index contributed by atoms with van der Waals surface area (Å²) in [4.78, 5) is 3.29. The molecule has 1 aromatic heterocycles. The van der Waals surface area contributed by atoms with Crippen LogP contribution in [0.25, 0.3) is 11.0 Å². The van der Waals surface area contributed by atoms with E-state index >= 15 is 0 Å². The highest BCUT2D eigenvalue weighted by molar-refractivity contribution is 7.71. The molecule has 110 valence electrons. The van der Waals surface area contributed by atoms with E-state index in [1.54, 1.807) is 7.11 Å². The number of imidazole rings is 1. The van der Waals surface area contributed by atoms with Gasteiger partial charge in [0.2, 0.25) is 0 Å². The second-order valence-electron chi connectivity index (χ2n) is 5.34. The number of hydrogen-bond acceptors (Lipinski definition) is 2. The Kier molecular flexibility index (Phi) is 5.24. The third kappa shape index (κ3) is 3.23. The number of methoxy groups -OCH3 is 1. The van der Waals surface area contributed by atoms with Crippen LogP contribution in [0.15, 0.2) is 18.2 Å². The summed E-state index contributed by atoms with van der Waals surface area (Å²) in [7, 11) is 1.69. The van der Waals surface area contributed by atoms with Gasteiger partial charge in [-0.3, -0.25) is 0 Å². The van der Waals surface area contributed by atoms with E-state index in [9.17, 15) is 0 Å². The molecular formula is C16H24N2OS. The van der Waals surface area contributed by atoms with Crippen molar-refractivity contribution in [2.24, 2.45) is 5.92 Å². The molecule has 0 fully saturated rings. The van der Waals surface area contributed by atoms with Crippen molar-refractivity contribution in [3.63, 3.8) is 0 Å². The van der Waals surface area contributed by atoms with Gasteiger partial charge in [0.05, 0.1) is 18.1 Å². The summed E-state index contributed by atoms with van der Waals surface area (Å²) < 4.78 is 8.30. The number of H-pyrrole nitrogens is 1. The number of fused-ring (bicyclic) bond motifs is 1. The Balaban J connectivity index is 2.29. The smallest absolute Gasteiger partial charge is 0.178 e. The van der Waals surface area contributed by atoms with Gasteiger partial charge in [-0.25, -0.2) is 0 Å². The van der Waals surface area contributed by atoms with Gasteiger partial charge in [-0.05, 0) is 36.7 Å². The molecule has 0 aliphatic heterocycles. The van der Waals surface area contributed by atoms with E-state index in [1.165, 1.54) is 31.2 Å². The third-order valence-electron chi connectivity index (χ3n) is 3.97. The molecule has 0 radical (unpaired) electrons. The number of nitrogens with one attached hydrogen (secondary N) is 1. The molecule has 1 N–H and O–H groups in total. The SMILES string of the molecule is CCCCC(CC)Cn1c(=S)[nH]c2cc(OC)ccc21. The molecule has 3 nitrogen and oxygen atoms in total. The van der Waals surface area contributed by atoms with Crippen LogP contribution in [0, 0.1) is 10.7 Å². The van der Waals surface area contributed by atoms with Crippen LogP contribution in [-0.2, 0) is 6.54 Å². The predicted octanol–water partition coefficient (Wildman–Crippen LogP) is 4.92. The van der Waals surface area contributed by atoms with Crippen LogP contribution in [-0.4, -0.2) is 16.7 Å². The zero-order valence-electron chi connectivity index (χ0n) is 12.6. The zero-order chi connectivity index (χ0) is 14.5. The van der Waals surface area contributed by atoms with Gasteiger partial charge in [0.1, 0.15) is 5.75 Å². The number of unbranched alkanes of at least 4 members (excludes halogenated alkanes) is 1. The Morgan fingerprint density at radius 3 is 2.80 bits per heavy atom. The van der Waals surface area contributed by atoms with Crippen molar-refractivity contribution in [2.75, 3.05) is 7.11 Å². The molecule has 20 heavy (non-hydrogen) atoms. The van der Waals surface area contributed by atoms with E-state index in [-0.39, 0.29) is 0 Å². The number of rotatable bonds is 7.